The second-order valence-electron chi connectivity index (χ2n) is 8.30. The third kappa shape index (κ3) is 2.36. The first kappa shape index (κ1) is 17.1. The first-order valence-corrected chi connectivity index (χ1v) is 8.67. The van der Waals surface area contributed by atoms with Crippen LogP contribution < -0.4 is 0 Å². The Hall–Kier alpha value is -1.78. The molecule has 5 nitrogen and oxygen atoms in total. The molecule has 130 valence electrons. The van der Waals surface area contributed by atoms with Gasteiger partial charge in [-0.05, 0) is 37.5 Å². The number of ether oxygens (including phenoxy) is 1. The molecule has 3 atom stereocenters. The molecule has 0 N–H and O–H groups in total. The van der Waals surface area contributed by atoms with Gasteiger partial charge in [-0.15, -0.1) is 0 Å². The van der Waals surface area contributed by atoms with Gasteiger partial charge in [0, 0.05) is 18.5 Å². The summed E-state index contributed by atoms with van der Waals surface area (Å²) in [6.07, 6.45) is 2.96. The van der Waals surface area contributed by atoms with Gasteiger partial charge in [0.1, 0.15) is 5.82 Å². The highest BCUT2D eigenvalue weighted by atomic mass is 16.6. The largest absolute Gasteiger partial charge is 0.447 e. The van der Waals surface area contributed by atoms with Crippen LogP contribution in [0.5, 0.6) is 0 Å². The van der Waals surface area contributed by atoms with Gasteiger partial charge >= 0.3 is 5.97 Å². The van der Waals surface area contributed by atoms with E-state index in [0.717, 1.165) is 6.42 Å². The second-order valence-corrected chi connectivity index (χ2v) is 8.30. The average Bonchev–Trinajstić information content (AvgIpc) is 2.49. The molecular weight excluding hydrogens is 304 g/mol. The smallest absolute Gasteiger partial charge is 0.342 e. The number of hydrogen-bond donors (Lipinski definition) is 0. The number of rotatable bonds is 3. The van der Waals surface area contributed by atoms with Gasteiger partial charge in [-0.3, -0.25) is 4.79 Å². The summed E-state index contributed by atoms with van der Waals surface area (Å²) in [5.74, 6) is 0.739. The van der Waals surface area contributed by atoms with Crippen molar-refractivity contribution in [2.45, 2.75) is 65.9 Å². The number of carbonyl (C=O) groups excluding carboxylic acids is 2. The zero-order valence-electron chi connectivity index (χ0n) is 15.3. The van der Waals surface area contributed by atoms with Gasteiger partial charge in [-0.2, -0.15) is 0 Å². The van der Waals surface area contributed by atoms with E-state index in [1.54, 1.807) is 13.8 Å². The number of carbonyl (C=O) groups is 2. The molecule has 2 bridgehead atoms. The fourth-order valence-corrected chi connectivity index (χ4v) is 4.38. The van der Waals surface area contributed by atoms with E-state index < -0.39 is 11.6 Å². The highest BCUT2D eigenvalue weighted by Crippen LogP contribution is 2.62. The maximum Gasteiger partial charge on any atom is 0.342 e. The molecule has 0 aromatic carbocycles. The van der Waals surface area contributed by atoms with Crippen LogP contribution in [0.25, 0.3) is 0 Å². The summed E-state index contributed by atoms with van der Waals surface area (Å²) < 4.78 is 5.83. The normalized spacial score (nSPS) is 30.9. The molecule has 24 heavy (non-hydrogen) atoms. The van der Waals surface area contributed by atoms with Crippen LogP contribution in [0.15, 0.2) is 6.20 Å². The van der Waals surface area contributed by atoms with Crippen molar-refractivity contribution in [2.24, 2.45) is 17.3 Å². The van der Waals surface area contributed by atoms with Crippen molar-refractivity contribution in [1.82, 2.24) is 9.97 Å². The molecule has 0 saturated heterocycles. The van der Waals surface area contributed by atoms with Gasteiger partial charge in [0.15, 0.2) is 11.4 Å². The molecule has 3 saturated carbocycles. The van der Waals surface area contributed by atoms with Crippen LogP contribution in [-0.2, 0) is 9.53 Å². The molecule has 1 aromatic rings. The minimum atomic E-state index is -1.05. The van der Waals surface area contributed by atoms with Crippen molar-refractivity contribution in [3.8, 4) is 0 Å². The molecule has 0 aliphatic heterocycles. The molecule has 1 heterocycles. The van der Waals surface area contributed by atoms with E-state index in [1.165, 1.54) is 6.20 Å². The van der Waals surface area contributed by atoms with Gasteiger partial charge in [0.25, 0.3) is 0 Å². The Morgan fingerprint density at radius 1 is 1.33 bits per heavy atom. The number of nitrogens with zero attached hydrogens (tertiary/aromatic N) is 2. The highest BCUT2D eigenvalue weighted by Gasteiger charge is 2.65. The first-order chi connectivity index (χ1) is 11.1. The summed E-state index contributed by atoms with van der Waals surface area (Å²) in [4.78, 5) is 33.9. The minimum Gasteiger partial charge on any atom is -0.447 e. The zero-order chi connectivity index (χ0) is 17.9. The van der Waals surface area contributed by atoms with Crippen molar-refractivity contribution in [1.29, 1.82) is 0 Å². The Morgan fingerprint density at radius 3 is 2.58 bits per heavy atom. The molecule has 3 aliphatic carbocycles. The minimum absolute atomic E-state index is 0.0353. The van der Waals surface area contributed by atoms with Gasteiger partial charge in [0.2, 0.25) is 0 Å². The lowest BCUT2D eigenvalue weighted by atomic mass is 9.44. The Labute approximate surface area is 143 Å². The fourth-order valence-electron chi connectivity index (χ4n) is 4.38. The Morgan fingerprint density at radius 2 is 2.00 bits per heavy atom. The molecule has 1 aromatic heterocycles. The lowest BCUT2D eigenvalue weighted by molar-refractivity contribution is -0.196. The van der Waals surface area contributed by atoms with Crippen LogP contribution in [0, 0.1) is 24.2 Å². The summed E-state index contributed by atoms with van der Waals surface area (Å²) in [6, 6.07) is 0. The second kappa shape index (κ2) is 5.36. The summed E-state index contributed by atoms with van der Waals surface area (Å²) in [5.41, 5.74) is 0.0243. The molecule has 4 rings (SSSR count). The third-order valence-electron chi connectivity index (χ3n) is 6.13. The number of Topliss-reactive ketones (excluding diaryl/α,β-unsaturated/α-hetero) is 1. The van der Waals surface area contributed by atoms with Crippen molar-refractivity contribution < 1.29 is 14.3 Å². The van der Waals surface area contributed by atoms with E-state index >= 15 is 0 Å². The van der Waals surface area contributed by atoms with Gasteiger partial charge in [0.05, 0.1) is 11.3 Å². The molecule has 0 radical (unpaired) electrons. The number of ketones is 1. The number of aryl methyl sites for hydroxylation is 1. The van der Waals surface area contributed by atoms with Crippen LogP contribution in [-0.4, -0.2) is 27.3 Å². The molecule has 0 unspecified atom stereocenters. The maximum atomic E-state index is 12.8. The monoisotopic (exact) mass is 330 g/mol. The maximum absolute atomic E-state index is 12.8. The predicted molar refractivity (Wildman–Crippen MR) is 89.7 cm³/mol. The average molecular weight is 330 g/mol. The van der Waals surface area contributed by atoms with Crippen molar-refractivity contribution >= 4 is 11.8 Å². The zero-order valence-corrected chi connectivity index (χ0v) is 15.3. The van der Waals surface area contributed by atoms with Gasteiger partial charge in [-0.1, -0.05) is 27.7 Å². The van der Waals surface area contributed by atoms with E-state index in [9.17, 15) is 9.59 Å². The molecule has 0 amide bonds. The standard InChI is InChI=1S/C19H26N2O3/c1-10(2)16-13(9-20-11(3)21-16)17(23)24-19(6)14-7-12(8-15(19)22)18(14,4)5/h9-10,12,14H,7-8H2,1-6H3/t12-,14+,19-/m1/s1. The predicted octanol–water partition coefficient (Wildman–Crippen LogP) is 3.46. The Bertz CT molecular complexity index is 711. The van der Waals surface area contributed by atoms with E-state index in [-0.39, 0.29) is 23.0 Å². The molecular formula is C19H26N2O3. The molecule has 3 aliphatic rings. The van der Waals surface area contributed by atoms with Crippen LogP contribution in [0.4, 0.5) is 0 Å². The lowest BCUT2D eigenvalue weighted by Gasteiger charge is -2.62. The number of fused-ring (bicyclic) bond motifs is 2. The van der Waals surface area contributed by atoms with E-state index in [0.29, 0.717) is 29.4 Å². The van der Waals surface area contributed by atoms with Crippen LogP contribution in [0.1, 0.15) is 75.3 Å². The van der Waals surface area contributed by atoms with Crippen molar-refractivity contribution in [3.63, 3.8) is 0 Å². The summed E-state index contributed by atoms with van der Waals surface area (Å²) in [5, 5.41) is 0. The molecule has 5 heteroatoms. The topological polar surface area (TPSA) is 69.2 Å². The van der Waals surface area contributed by atoms with E-state index in [1.807, 2.05) is 13.8 Å². The Kier molecular flexibility index (Phi) is 3.81. The number of hydrogen-bond acceptors (Lipinski definition) is 5. The van der Waals surface area contributed by atoms with E-state index in [4.69, 9.17) is 4.74 Å². The first-order valence-electron chi connectivity index (χ1n) is 8.67. The van der Waals surface area contributed by atoms with Crippen LogP contribution in [0.3, 0.4) is 0 Å². The van der Waals surface area contributed by atoms with Gasteiger partial charge in [-0.25, -0.2) is 14.8 Å². The lowest BCUT2D eigenvalue weighted by Crippen LogP contribution is -2.66. The van der Waals surface area contributed by atoms with Crippen molar-refractivity contribution in [2.75, 3.05) is 0 Å². The van der Waals surface area contributed by atoms with Crippen molar-refractivity contribution in [3.05, 3.63) is 23.3 Å². The summed E-state index contributed by atoms with van der Waals surface area (Å²) in [7, 11) is 0. The summed E-state index contributed by atoms with van der Waals surface area (Å²) >= 11 is 0. The van der Waals surface area contributed by atoms with Crippen LogP contribution >= 0.6 is 0 Å². The molecule has 3 fully saturated rings. The molecule has 0 spiro atoms. The highest BCUT2D eigenvalue weighted by molar-refractivity contribution is 5.96. The van der Waals surface area contributed by atoms with Crippen LogP contribution in [0.2, 0.25) is 0 Å². The SMILES string of the molecule is Cc1ncc(C(=O)O[C@@]2(C)C(=O)C[C@H]3C[C@H]2C3(C)C)c(C(C)C)n1. The van der Waals surface area contributed by atoms with Gasteiger partial charge < -0.3 is 4.74 Å². The summed E-state index contributed by atoms with van der Waals surface area (Å²) in [6.45, 7) is 11.9. The number of esters is 1. The fraction of sp³-hybridized carbons (Fsp3) is 0.684. The third-order valence-corrected chi connectivity index (χ3v) is 6.13. The quantitative estimate of drug-likeness (QED) is 0.794. The number of aromatic nitrogens is 2. The Balaban J connectivity index is 1.91. The van der Waals surface area contributed by atoms with E-state index in [2.05, 4.69) is 23.8 Å².